The molecule has 106 valence electrons. The van der Waals surface area contributed by atoms with Crippen molar-refractivity contribution in [1.29, 1.82) is 0 Å². The zero-order valence-electron chi connectivity index (χ0n) is 10.1. The molecule has 0 heterocycles. The quantitative estimate of drug-likeness (QED) is 0.712. The summed E-state index contributed by atoms with van der Waals surface area (Å²) in [5, 5.41) is 1.24. The second-order valence-electron chi connectivity index (χ2n) is 4.16. The Morgan fingerprint density at radius 3 is 1.95 bits per heavy atom. The lowest BCUT2D eigenvalue weighted by Gasteiger charge is -2.10. The van der Waals surface area contributed by atoms with Gasteiger partial charge in [-0.25, -0.2) is 8.42 Å². The monoisotopic (exact) mass is 368 g/mol. The van der Waals surface area contributed by atoms with Gasteiger partial charge in [0.1, 0.15) is 0 Å². The third kappa shape index (κ3) is 3.23. The van der Waals surface area contributed by atoms with Gasteiger partial charge in [-0.1, -0.05) is 52.5 Å². The van der Waals surface area contributed by atoms with Crippen LogP contribution in [0.2, 0.25) is 20.1 Å². The molecular weight excluding hydrogens is 362 g/mol. The Bertz CT molecular complexity index is 785. The molecule has 2 aromatic carbocycles. The minimum atomic E-state index is -3.44. The van der Waals surface area contributed by atoms with Gasteiger partial charge in [0.15, 0.2) is 9.84 Å². The van der Waals surface area contributed by atoms with Crippen molar-refractivity contribution in [1.82, 2.24) is 0 Å². The van der Waals surface area contributed by atoms with Gasteiger partial charge in [0.2, 0.25) is 0 Å². The molecule has 2 aromatic rings. The topological polar surface area (TPSA) is 34.1 Å². The summed E-state index contributed by atoms with van der Waals surface area (Å²) in [7, 11) is -3.44. The maximum Gasteiger partial charge on any atom is 0.177 e. The Kier molecular flexibility index (Phi) is 4.57. The molecule has 0 spiro atoms. The highest BCUT2D eigenvalue weighted by Crippen LogP contribution is 2.38. The maximum atomic E-state index is 11.6. The van der Waals surface area contributed by atoms with Crippen molar-refractivity contribution in [2.24, 2.45) is 0 Å². The van der Waals surface area contributed by atoms with Crippen molar-refractivity contribution in [3.05, 3.63) is 50.4 Å². The number of sulfone groups is 1. The van der Waals surface area contributed by atoms with E-state index in [-0.39, 0.29) is 14.9 Å². The van der Waals surface area contributed by atoms with E-state index in [2.05, 4.69) is 0 Å². The lowest BCUT2D eigenvalue weighted by Crippen LogP contribution is -1.98. The first-order chi connectivity index (χ1) is 9.20. The van der Waals surface area contributed by atoms with E-state index in [1.807, 2.05) is 0 Å². The lowest BCUT2D eigenvalue weighted by molar-refractivity contribution is 0.602. The summed E-state index contributed by atoms with van der Waals surface area (Å²) in [5.41, 5.74) is 1.17. The van der Waals surface area contributed by atoms with Crippen LogP contribution >= 0.6 is 46.4 Å². The van der Waals surface area contributed by atoms with E-state index in [0.29, 0.717) is 21.2 Å². The fourth-order valence-corrected chi connectivity index (χ4v) is 3.90. The number of hydrogen-bond donors (Lipinski definition) is 0. The first kappa shape index (κ1) is 15.9. The molecule has 0 N–H and O–H groups in total. The van der Waals surface area contributed by atoms with Gasteiger partial charge in [-0.3, -0.25) is 0 Å². The molecule has 0 atom stereocenters. The number of rotatable bonds is 2. The van der Waals surface area contributed by atoms with Crippen LogP contribution in [0, 0.1) is 0 Å². The molecule has 0 amide bonds. The molecule has 7 heteroatoms. The summed E-state index contributed by atoms with van der Waals surface area (Å²) in [4.78, 5) is -0.0157. The smallest absolute Gasteiger partial charge is 0.177 e. The molecule has 2 nitrogen and oxygen atoms in total. The van der Waals surface area contributed by atoms with E-state index in [4.69, 9.17) is 46.4 Å². The minimum Gasteiger partial charge on any atom is -0.224 e. The van der Waals surface area contributed by atoms with Gasteiger partial charge >= 0.3 is 0 Å². The summed E-state index contributed by atoms with van der Waals surface area (Å²) < 4.78 is 23.2. The van der Waals surface area contributed by atoms with Crippen LogP contribution in [0.5, 0.6) is 0 Å². The summed E-state index contributed by atoms with van der Waals surface area (Å²) in [6.45, 7) is 0. The van der Waals surface area contributed by atoms with Crippen molar-refractivity contribution in [3.8, 4) is 11.1 Å². The Labute approximate surface area is 137 Å². The molecule has 0 aliphatic rings. The van der Waals surface area contributed by atoms with Gasteiger partial charge in [0.25, 0.3) is 0 Å². The van der Waals surface area contributed by atoms with E-state index >= 15 is 0 Å². The normalized spacial score (nSPS) is 11.7. The van der Waals surface area contributed by atoms with Crippen LogP contribution in [0.15, 0.2) is 35.2 Å². The van der Waals surface area contributed by atoms with Crippen LogP contribution in [-0.2, 0) is 9.84 Å². The average Bonchev–Trinajstić information content (AvgIpc) is 2.31. The standard InChI is InChI=1S/C13H8Cl4O2S/c1-20(18,19)13-6-11(16)9(5-12(13)17)8-3-2-7(14)4-10(8)15/h2-6H,1H3. The fraction of sp³-hybridized carbons (Fsp3) is 0.0769. The summed E-state index contributed by atoms with van der Waals surface area (Å²) in [6.07, 6.45) is 1.07. The molecule has 0 saturated carbocycles. The van der Waals surface area contributed by atoms with Gasteiger partial charge in [-0.2, -0.15) is 0 Å². The number of benzene rings is 2. The highest BCUT2D eigenvalue weighted by atomic mass is 35.5. The highest BCUT2D eigenvalue weighted by molar-refractivity contribution is 7.90. The Balaban J connectivity index is 2.68. The highest BCUT2D eigenvalue weighted by Gasteiger charge is 2.17. The van der Waals surface area contributed by atoms with Crippen molar-refractivity contribution in [2.75, 3.05) is 6.26 Å². The third-order valence-corrected chi connectivity index (χ3v) is 5.06. The molecule has 0 aromatic heterocycles. The second kappa shape index (κ2) is 5.74. The molecule has 2 rings (SSSR count). The van der Waals surface area contributed by atoms with E-state index in [9.17, 15) is 8.42 Å². The van der Waals surface area contributed by atoms with Gasteiger partial charge in [-0.05, 0) is 24.3 Å². The minimum absolute atomic E-state index is 0.0157. The van der Waals surface area contributed by atoms with E-state index in [0.717, 1.165) is 6.26 Å². The van der Waals surface area contributed by atoms with Crippen molar-refractivity contribution >= 4 is 56.2 Å². The Morgan fingerprint density at radius 1 is 0.800 bits per heavy atom. The van der Waals surface area contributed by atoms with Crippen LogP contribution in [0.25, 0.3) is 11.1 Å². The summed E-state index contributed by atoms with van der Waals surface area (Å²) >= 11 is 24.1. The van der Waals surface area contributed by atoms with Crippen LogP contribution < -0.4 is 0 Å². The van der Waals surface area contributed by atoms with Crippen LogP contribution in [0.4, 0.5) is 0 Å². The fourth-order valence-electron chi connectivity index (χ4n) is 1.73. The Morgan fingerprint density at radius 2 is 1.40 bits per heavy atom. The first-order valence-corrected chi connectivity index (χ1v) is 8.75. The van der Waals surface area contributed by atoms with Crippen LogP contribution in [-0.4, -0.2) is 14.7 Å². The molecule has 0 bridgehead atoms. The number of halogens is 4. The average molecular weight is 370 g/mol. The van der Waals surface area contributed by atoms with Crippen molar-refractivity contribution < 1.29 is 8.42 Å². The van der Waals surface area contributed by atoms with Crippen molar-refractivity contribution in [3.63, 3.8) is 0 Å². The molecule has 0 aliphatic heterocycles. The van der Waals surface area contributed by atoms with E-state index in [1.165, 1.54) is 12.1 Å². The molecule has 0 saturated heterocycles. The molecule has 0 radical (unpaired) electrons. The summed E-state index contributed by atoms with van der Waals surface area (Å²) in [5.74, 6) is 0. The molecule has 20 heavy (non-hydrogen) atoms. The predicted molar refractivity (Wildman–Crippen MR) is 85.0 cm³/mol. The van der Waals surface area contributed by atoms with Crippen molar-refractivity contribution in [2.45, 2.75) is 4.90 Å². The first-order valence-electron chi connectivity index (χ1n) is 5.34. The van der Waals surface area contributed by atoms with Gasteiger partial charge < -0.3 is 0 Å². The van der Waals surface area contributed by atoms with Gasteiger partial charge in [0.05, 0.1) is 9.92 Å². The SMILES string of the molecule is CS(=O)(=O)c1cc(Cl)c(-c2ccc(Cl)cc2Cl)cc1Cl. The Hall–Kier alpha value is -0.450. The summed E-state index contributed by atoms with van der Waals surface area (Å²) in [6, 6.07) is 7.74. The largest absolute Gasteiger partial charge is 0.224 e. The third-order valence-electron chi connectivity index (χ3n) is 2.64. The molecule has 0 unspecified atom stereocenters. The maximum absolute atomic E-state index is 11.6. The van der Waals surface area contributed by atoms with E-state index < -0.39 is 9.84 Å². The lowest BCUT2D eigenvalue weighted by atomic mass is 10.1. The molecule has 0 fully saturated rings. The zero-order valence-corrected chi connectivity index (χ0v) is 14.0. The van der Waals surface area contributed by atoms with Gasteiger partial charge in [-0.15, -0.1) is 0 Å². The second-order valence-corrected chi connectivity index (χ2v) is 7.80. The molecular formula is C13H8Cl4O2S. The predicted octanol–water partition coefficient (Wildman–Crippen LogP) is 5.37. The van der Waals surface area contributed by atoms with Crippen LogP contribution in [0.3, 0.4) is 0 Å². The van der Waals surface area contributed by atoms with Crippen LogP contribution in [0.1, 0.15) is 0 Å². The van der Waals surface area contributed by atoms with E-state index in [1.54, 1.807) is 18.2 Å². The van der Waals surface area contributed by atoms with Gasteiger partial charge in [0, 0.05) is 32.5 Å². The molecule has 0 aliphatic carbocycles. The number of hydrogen-bond acceptors (Lipinski definition) is 2. The zero-order chi connectivity index (χ0) is 15.1.